The van der Waals surface area contributed by atoms with Crippen molar-refractivity contribution in [2.45, 2.75) is 56.2 Å². The average molecular weight is 470 g/mol. The molecule has 1 aliphatic carbocycles. The first-order valence-electron chi connectivity index (χ1n) is 12.7. The van der Waals surface area contributed by atoms with Crippen molar-refractivity contribution in [2.24, 2.45) is 0 Å². The largest absolute Gasteiger partial charge is 0.494 e. The summed E-state index contributed by atoms with van der Waals surface area (Å²) in [5.41, 5.74) is 4.84. The van der Waals surface area contributed by atoms with Gasteiger partial charge in [0.05, 0.1) is 12.2 Å². The number of carbonyl (C=O) groups excluding carboxylic acids is 1. The zero-order chi connectivity index (χ0) is 24.0. The van der Waals surface area contributed by atoms with Gasteiger partial charge in [-0.2, -0.15) is 0 Å². The van der Waals surface area contributed by atoms with E-state index >= 15 is 0 Å². The molecule has 0 saturated carbocycles. The molecular formula is C30H31NO4. The lowest BCUT2D eigenvalue weighted by molar-refractivity contribution is -0.0531. The van der Waals surface area contributed by atoms with Crippen molar-refractivity contribution in [3.63, 3.8) is 0 Å². The monoisotopic (exact) mass is 469 g/mol. The number of hydrogen-bond acceptors (Lipinski definition) is 4. The number of fused-ring (bicyclic) bond motifs is 5. The number of amides is 1. The van der Waals surface area contributed by atoms with E-state index in [4.69, 9.17) is 9.47 Å². The van der Waals surface area contributed by atoms with Crippen LogP contribution >= 0.6 is 0 Å². The van der Waals surface area contributed by atoms with E-state index in [2.05, 4.69) is 36.4 Å². The van der Waals surface area contributed by atoms with E-state index in [1.807, 2.05) is 48.2 Å². The standard InChI is InChI=1S/C30H31NO4/c1-2-34-23-15-11-20(12-16-23)30(33)17-21-13-14-22(18-30)31(21)29(32)35-19-28-26-9-5-3-7-24(26)25-8-4-6-10-27(25)28/h3-12,15-16,21-22,28,33H,2,13-14,17-19H2,1H3. The van der Waals surface area contributed by atoms with Crippen LogP contribution in [0.5, 0.6) is 5.75 Å². The third-order valence-electron chi connectivity index (χ3n) is 8.02. The summed E-state index contributed by atoms with van der Waals surface area (Å²) in [6.45, 7) is 2.90. The van der Waals surface area contributed by atoms with Crippen molar-refractivity contribution in [1.29, 1.82) is 0 Å². The van der Waals surface area contributed by atoms with Gasteiger partial charge in [-0.15, -0.1) is 0 Å². The predicted molar refractivity (Wildman–Crippen MR) is 134 cm³/mol. The molecule has 6 rings (SSSR count). The van der Waals surface area contributed by atoms with Crippen molar-refractivity contribution >= 4 is 6.09 Å². The van der Waals surface area contributed by atoms with Crippen molar-refractivity contribution in [3.05, 3.63) is 89.5 Å². The zero-order valence-corrected chi connectivity index (χ0v) is 20.0. The molecule has 0 aromatic heterocycles. The molecule has 3 aromatic carbocycles. The molecule has 2 heterocycles. The second-order valence-corrected chi connectivity index (χ2v) is 9.99. The summed E-state index contributed by atoms with van der Waals surface area (Å²) >= 11 is 0. The summed E-state index contributed by atoms with van der Waals surface area (Å²) in [6, 6.07) is 24.5. The Morgan fingerprint density at radius 1 is 0.914 bits per heavy atom. The maximum absolute atomic E-state index is 13.3. The second-order valence-electron chi connectivity index (χ2n) is 9.99. The summed E-state index contributed by atoms with van der Waals surface area (Å²) in [5.74, 6) is 0.855. The summed E-state index contributed by atoms with van der Waals surface area (Å²) < 4.78 is 11.5. The maximum Gasteiger partial charge on any atom is 0.410 e. The van der Waals surface area contributed by atoms with Crippen molar-refractivity contribution in [1.82, 2.24) is 4.90 Å². The average Bonchev–Trinajstić information content (AvgIpc) is 3.35. The summed E-state index contributed by atoms with van der Waals surface area (Å²) in [6.07, 6.45) is 2.60. The molecule has 5 heteroatoms. The molecule has 3 aliphatic rings. The van der Waals surface area contributed by atoms with Crippen LogP contribution in [0.4, 0.5) is 4.79 Å². The normalized spacial score (nSPS) is 24.7. The van der Waals surface area contributed by atoms with E-state index in [0.29, 0.717) is 26.1 Å². The fourth-order valence-electron chi connectivity index (χ4n) is 6.46. The number of hydrogen-bond donors (Lipinski definition) is 1. The number of benzene rings is 3. The van der Waals surface area contributed by atoms with Crippen LogP contribution in [0.15, 0.2) is 72.8 Å². The molecule has 3 aromatic rings. The molecule has 0 spiro atoms. The number of piperidine rings is 1. The van der Waals surface area contributed by atoms with Gasteiger partial charge in [-0.1, -0.05) is 60.7 Å². The van der Waals surface area contributed by atoms with Gasteiger partial charge in [-0.3, -0.25) is 0 Å². The van der Waals surface area contributed by atoms with E-state index in [1.54, 1.807) is 0 Å². The van der Waals surface area contributed by atoms with Crippen LogP contribution in [-0.4, -0.2) is 41.4 Å². The number of ether oxygens (including phenoxy) is 2. The molecule has 2 aliphatic heterocycles. The minimum atomic E-state index is -0.934. The first kappa shape index (κ1) is 22.2. The summed E-state index contributed by atoms with van der Waals surface area (Å²) in [5, 5.41) is 11.5. The van der Waals surface area contributed by atoms with Crippen molar-refractivity contribution in [2.75, 3.05) is 13.2 Å². The maximum atomic E-state index is 13.3. The van der Waals surface area contributed by atoms with Gasteiger partial charge in [0, 0.05) is 30.8 Å². The Morgan fingerprint density at radius 2 is 1.49 bits per heavy atom. The molecule has 1 amide bonds. The van der Waals surface area contributed by atoms with Crippen LogP contribution in [0.25, 0.3) is 11.1 Å². The van der Waals surface area contributed by atoms with Gasteiger partial charge in [0.2, 0.25) is 0 Å². The van der Waals surface area contributed by atoms with Crippen LogP contribution < -0.4 is 4.74 Å². The minimum absolute atomic E-state index is 0.0130. The van der Waals surface area contributed by atoms with Gasteiger partial charge in [0.25, 0.3) is 0 Å². The molecule has 1 N–H and O–H groups in total. The van der Waals surface area contributed by atoms with E-state index in [-0.39, 0.29) is 24.1 Å². The van der Waals surface area contributed by atoms with E-state index < -0.39 is 5.60 Å². The lowest BCUT2D eigenvalue weighted by Crippen LogP contribution is -2.52. The van der Waals surface area contributed by atoms with Gasteiger partial charge in [-0.25, -0.2) is 4.79 Å². The predicted octanol–water partition coefficient (Wildman–Crippen LogP) is 5.85. The number of carbonyl (C=O) groups is 1. The Labute approximate surface area is 206 Å². The summed E-state index contributed by atoms with van der Waals surface area (Å²) in [7, 11) is 0. The van der Waals surface area contributed by atoms with Crippen LogP contribution in [0, 0.1) is 0 Å². The Kier molecular flexibility index (Phi) is 5.53. The highest BCUT2D eigenvalue weighted by atomic mass is 16.6. The first-order valence-corrected chi connectivity index (χ1v) is 12.7. The van der Waals surface area contributed by atoms with Gasteiger partial charge in [0.1, 0.15) is 12.4 Å². The highest BCUT2D eigenvalue weighted by molar-refractivity contribution is 5.79. The minimum Gasteiger partial charge on any atom is -0.494 e. The molecule has 2 atom stereocenters. The molecule has 0 radical (unpaired) electrons. The Bertz CT molecular complexity index is 1180. The van der Waals surface area contributed by atoms with Crippen LogP contribution in [0.1, 0.15) is 55.2 Å². The molecular weight excluding hydrogens is 438 g/mol. The lowest BCUT2D eigenvalue weighted by atomic mass is 9.80. The van der Waals surface area contributed by atoms with Crippen LogP contribution in [0.3, 0.4) is 0 Å². The van der Waals surface area contributed by atoms with Crippen molar-refractivity contribution in [3.8, 4) is 16.9 Å². The topological polar surface area (TPSA) is 59.0 Å². The fraction of sp³-hybridized carbons (Fsp3) is 0.367. The van der Waals surface area contributed by atoms with Gasteiger partial charge in [-0.05, 0) is 59.7 Å². The van der Waals surface area contributed by atoms with E-state index in [9.17, 15) is 9.90 Å². The molecule has 2 bridgehead atoms. The van der Waals surface area contributed by atoms with Gasteiger partial charge in [0.15, 0.2) is 0 Å². The zero-order valence-electron chi connectivity index (χ0n) is 20.0. The first-order chi connectivity index (χ1) is 17.1. The second kappa shape index (κ2) is 8.72. The van der Waals surface area contributed by atoms with Crippen LogP contribution in [0.2, 0.25) is 0 Å². The quantitative estimate of drug-likeness (QED) is 0.509. The molecule has 2 saturated heterocycles. The van der Waals surface area contributed by atoms with Crippen LogP contribution in [-0.2, 0) is 10.3 Å². The molecule has 2 unspecified atom stereocenters. The number of aliphatic hydroxyl groups is 1. The number of rotatable bonds is 5. The fourth-order valence-corrected chi connectivity index (χ4v) is 6.46. The highest BCUT2D eigenvalue weighted by Gasteiger charge is 2.50. The van der Waals surface area contributed by atoms with Gasteiger partial charge >= 0.3 is 6.09 Å². The lowest BCUT2D eigenvalue weighted by Gasteiger charge is -2.43. The molecule has 180 valence electrons. The SMILES string of the molecule is CCOc1ccc(C2(O)CC3CCC(C2)N3C(=O)OCC2c3ccccc3-c3ccccc32)cc1. The number of nitrogens with zero attached hydrogens (tertiary/aromatic N) is 1. The van der Waals surface area contributed by atoms with E-state index in [1.165, 1.54) is 22.3 Å². The Balaban J connectivity index is 1.16. The third-order valence-corrected chi connectivity index (χ3v) is 8.02. The molecule has 35 heavy (non-hydrogen) atoms. The van der Waals surface area contributed by atoms with Crippen molar-refractivity contribution < 1.29 is 19.4 Å². The van der Waals surface area contributed by atoms with Gasteiger partial charge < -0.3 is 19.5 Å². The molecule has 5 nitrogen and oxygen atoms in total. The Morgan fingerprint density at radius 3 is 2.06 bits per heavy atom. The third kappa shape index (κ3) is 3.79. The summed E-state index contributed by atoms with van der Waals surface area (Å²) in [4.78, 5) is 15.2. The Hall–Kier alpha value is -3.31. The smallest absolute Gasteiger partial charge is 0.410 e. The van der Waals surface area contributed by atoms with E-state index in [0.717, 1.165) is 24.2 Å². The molecule has 2 fully saturated rings. The highest BCUT2D eigenvalue weighted by Crippen LogP contribution is 2.47.